The normalized spacial score (nSPS) is 20.3. The van der Waals surface area contributed by atoms with Crippen LogP contribution in [-0.4, -0.2) is 37.1 Å². The quantitative estimate of drug-likeness (QED) is 0.863. The summed E-state index contributed by atoms with van der Waals surface area (Å²) in [5.74, 6) is 0.673. The van der Waals surface area contributed by atoms with Gasteiger partial charge in [0.05, 0.1) is 24.9 Å². The van der Waals surface area contributed by atoms with Crippen LogP contribution >= 0.6 is 11.6 Å². The first-order valence-electron chi connectivity index (χ1n) is 7.20. The van der Waals surface area contributed by atoms with Crippen LogP contribution in [-0.2, 0) is 9.31 Å². The number of hydrogen-bond donors (Lipinski definition) is 1. The van der Waals surface area contributed by atoms with Gasteiger partial charge in [-0.15, -0.1) is 0 Å². The maximum atomic E-state index is 9.72. The second kappa shape index (κ2) is 6.24. The van der Waals surface area contributed by atoms with Gasteiger partial charge in [0.1, 0.15) is 5.75 Å². The van der Waals surface area contributed by atoms with Gasteiger partial charge in [-0.1, -0.05) is 17.7 Å². The van der Waals surface area contributed by atoms with Crippen molar-refractivity contribution in [1.82, 2.24) is 0 Å². The molecule has 0 unspecified atom stereocenters. The zero-order valence-electron chi connectivity index (χ0n) is 13.6. The molecule has 1 aromatic carbocycles. The minimum atomic E-state index is -0.598. The molecule has 1 fully saturated rings. The maximum Gasteiger partial charge on any atom is 0.492 e. The highest BCUT2D eigenvalue weighted by molar-refractivity contribution is 6.55. The fraction of sp³-hybridized carbons (Fsp3) is 0.500. The average Bonchev–Trinajstić information content (AvgIpc) is 2.64. The highest BCUT2D eigenvalue weighted by atomic mass is 35.5. The fourth-order valence-electron chi connectivity index (χ4n) is 2.20. The number of rotatable bonds is 4. The minimum absolute atomic E-state index is 0.174. The molecule has 0 atom stereocenters. The third-order valence-electron chi connectivity index (χ3n) is 4.27. The van der Waals surface area contributed by atoms with E-state index in [9.17, 15) is 5.11 Å². The van der Waals surface area contributed by atoms with E-state index in [0.717, 1.165) is 5.56 Å². The predicted octanol–water partition coefficient (Wildman–Crippen LogP) is 3.36. The van der Waals surface area contributed by atoms with Gasteiger partial charge in [-0.3, -0.25) is 0 Å². The summed E-state index contributed by atoms with van der Waals surface area (Å²) >= 11 is 6.04. The third-order valence-corrected chi connectivity index (χ3v) is 4.51. The molecule has 120 valence electrons. The number of aliphatic hydroxyl groups excluding tert-OH is 1. The number of hydrogen-bond acceptors (Lipinski definition) is 4. The average molecular weight is 325 g/mol. The second-order valence-electron chi connectivity index (χ2n) is 6.35. The Bertz CT molecular complexity index is 568. The fourth-order valence-corrected chi connectivity index (χ4v) is 2.38. The Kier molecular flexibility index (Phi) is 4.92. The highest BCUT2D eigenvalue weighted by Gasteiger charge is 2.52. The molecule has 0 saturated carbocycles. The van der Waals surface area contributed by atoms with E-state index in [1.165, 1.54) is 0 Å². The van der Waals surface area contributed by atoms with Gasteiger partial charge in [-0.2, -0.15) is 0 Å². The first-order valence-corrected chi connectivity index (χ1v) is 7.58. The van der Waals surface area contributed by atoms with Crippen LogP contribution < -0.4 is 4.74 Å². The molecule has 0 radical (unpaired) electrons. The zero-order valence-corrected chi connectivity index (χ0v) is 14.4. The summed E-state index contributed by atoms with van der Waals surface area (Å²) in [5.41, 5.74) is 0.488. The molecule has 1 N–H and O–H groups in total. The van der Waals surface area contributed by atoms with Crippen LogP contribution in [0.1, 0.15) is 33.3 Å². The molecule has 22 heavy (non-hydrogen) atoms. The van der Waals surface area contributed by atoms with Crippen molar-refractivity contribution in [2.45, 2.75) is 38.9 Å². The maximum absolute atomic E-state index is 9.72. The molecule has 0 spiro atoms. The molecule has 1 aromatic rings. The Morgan fingerprint density at radius 1 is 1.27 bits per heavy atom. The summed E-state index contributed by atoms with van der Waals surface area (Å²) < 4.78 is 17.3. The van der Waals surface area contributed by atoms with Crippen LogP contribution in [0.25, 0.3) is 6.08 Å². The van der Waals surface area contributed by atoms with E-state index in [-0.39, 0.29) is 6.61 Å². The number of methoxy groups -OCH3 is 1. The van der Waals surface area contributed by atoms with Crippen molar-refractivity contribution in [2.75, 3.05) is 13.7 Å². The standard InChI is InChI=1S/C16H22BClO4/c1-15(2)16(3,4)22-17(21-15)12(10-19)8-11-9-13(18)6-7-14(11)20-5/h6-9,19H,10H2,1-5H3. The Morgan fingerprint density at radius 2 is 1.86 bits per heavy atom. The van der Waals surface area contributed by atoms with Crippen molar-refractivity contribution in [2.24, 2.45) is 0 Å². The van der Waals surface area contributed by atoms with Gasteiger partial charge in [0.2, 0.25) is 0 Å². The molecule has 1 saturated heterocycles. The van der Waals surface area contributed by atoms with Crippen molar-refractivity contribution in [3.8, 4) is 5.75 Å². The smallest absolute Gasteiger partial charge is 0.492 e. The summed E-state index contributed by atoms with van der Waals surface area (Å²) in [6, 6.07) is 5.32. The van der Waals surface area contributed by atoms with E-state index >= 15 is 0 Å². The highest BCUT2D eigenvalue weighted by Crippen LogP contribution is 2.39. The summed E-state index contributed by atoms with van der Waals surface area (Å²) in [6.45, 7) is 7.72. The van der Waals surface area contributed by atoms with Crippen LogP contribution in [0.4, 0.5) is 0 Å². The van der Waals surface area contributed by atoms with E-state index in [1.54, 1.807) is 31.4 Å². The summed E-state index contributed by atoms with van der Waals surface area (Å²) in [7, 11) is 0.993. The lowest BCUT2D eigenvalue weighted by molar-refractivity contribution is 0.00578. The zero-order chi connectivity index (χ0) is 16.5. The number of aliphatic hydroxyl groups is 1. The van der Waals surface area contributed by atoms with E-state index in [4.69, 9.17) is 25.6 Å². The van der Waals surface area contributed by atoms with Gasteiger partial charge in [-0.05, 0) is 51.4 Å². The SMILES string of the molecule is COc1ccc(Cl)cc1C=C(CO)B1OC(C)(C)C(C)(C)O1. The van der Waals surface area contributed by atoms with E-state index in [2.05, 4.69) is 0 Å². The topological polar surface area (TPSA) is 47.9 Å². The molecular weight excluding hydrogens is 302 g/mol. The van der Waals surface area contributed by atoms with Crippen molar-refractivity contribution in [3.05, 3.63) is 34.3 Å². The van der Waals surface area contributed by atoms with Gasteiger partial charge >= 0.3 is 7.12 Å². The minimum Gasteiger partial charge on any atom is -0.496 e. The Labute approximate surface area is 137 Å². The first kappa shape index (κ1) is 17.4. The third kappa shape index (κ3) is 3.33. The van der Waals surface area contributed by atoms with Gasteiger partial charge in [0.25, 0.3) is 0 Å². The van der Waals surface area contributed by atoms with Crippen molar-refractivity contribution in [3.63, 3.8) is 0 Å². The van der Waals surface area contributed by atoms with Crippen LogP contribution in [0.2, 0.25) is 5.02 Å². The molecule has 2 rings (SSSR count). The lowest BCUT2D eigenvalue weighted by atomic mass is 9.77. The molecule has 1 heterocycles. The van der Waals surface area contributed by atoms with E-state index in [1.807, 2.05) is 27.7 Å². The van der Waals surface area contributed by atoms with Gasteiger partial charge in [0, 0.05) is 10.6 Å². The molecule has 0 amide bonds. The van der Waals surface area contributed by atoms with Gasteiger partial charge in [-0.25, -0.2) is 0 Å². The lowest BCUT2D eigenvalue weighted by Gasteiger charge is -2.32. The largest absolute Gasteiger partial charge is 0.496 e. The summed E-state index contributed by atoms with van der Waals surface area (Å²) in [4.78, 5) is 0. The molecule has 0 aliphatic carbocycles. The monoisotopic (exact) mass is 324 g/mol. The second-order valence-corrected chi connectivity index (χ2v) is 6.79. The van der Waals surface area contributed by atoms with Crippen LogP contribution in [0.15, 0.2) is 23.7 Å². The van der Waals surface area contributed by atoms with Crippen LogP contribution in [0.3, 0.4) is 0 Å². The predicted molar refractivity (Wildman–Crippen MR) is 89.1 cm³/mol. The Hall–Kier alpha value is -1.01. The number of benzene rings is 1. The Balaban J connectivity index is 2.35. The molecule has 0 aromatic heterocycles. The van der Waals surface area contributed by atoms with Crippen LogP contribution in [0, 0.1) is 0 Å². The number of ether oxygens (including phenoxy) is 1. The molecule has 6 heteroatoms. The number of halogens is 1. The first-order chi connectivity index (χ1) is 10.2. The van der Waals surface area contributed by atoms with Crippen molar-refractivity contribution in [1.29, 1.82) is 0 Å². The van der Waals surface area contributed by atoms with Crippen molar-refractivity contribution >= 4 is 24.8 Å². The molecule has 1 aliphatic heterocycles. The Morgan fingerprint density at radius 3 is 2.36 bits per heavy atom. The van der Waals surface area contributed by atoms with Gasteiger partial charge in [0.15, 0.2) is 0 Å². The van der Waals surface area contributed by atoms with Crippen molar-refractivity contribution < 1.29 is 19.2 Å². The molecular formula is C16H22BClO4. The van der Waals surface area contributed by atoms with E-state index in [0.29, 0.717) is 16.2 Å². The summed E-state index contributed by atoms with van der Waals surface area (Å²) in [5, 5.41) is 10.3. The molecule has 0 bridgehead atoms. The summed E-state index contributed by atoms with van der Waals surface area (Å²) in [6.07, 6.45) is 1.80. The van der Waals surface area contributed by atoms with Gasteiger partial charge < -0.3 is 19.2 Å². The van der Waals surface area contributed by atoms with Crippen LogP contribution in [0.5, 0.6) is 5.75 Å². The lowest BCUT2D eigenvalue weighted by Crippen LogP contribution is -2.41. The van der Waals surface area contributed by atoms with E-state index < -0.39 is 18.3 Å². The molecule has 1 aliphatic rings. The molecule has 4 nitrogen and oxygen atoms in total.